The third-order valence-corrected chi connectivity index (χ3v) is 6.79. The number of hydrogen-bond donors (Lipinski definition) is 2. The van der Waals surface area contributed by atoms with Crippen LogP contribution < -0.4 is 10.6 Å². The second-order valence-electron chi connectivity index (χ2n) is 8.36. The van der Waals surface area contributed by atoms with Gasteiger partial charge in [0.15, 0.2) is 11.0 Å². The van der Waals surface area contributed by atoms with Crippen LogP contribution in [0.1, 0.15) is 54.1 Å². The van der Waals surface area contributed by atoms with Crippen molar-refractivity contribution in [2.75, 3.05) is 11.1 Å². The van der Waals surface area contributed by atoms with E-state index in [2.05, 4.69) is 20.8 Å². The van der Waals surface area contributed by atoms with Gasteiger partial charge in [0.25, 0.3) is 5.91 Å². The maximum atomic E-state index is 12.9. The summed E-state index contributed by atoms with van der Waals surface area (Å²) in [5.41, 5.74) is 3.29. The number of benzene rings is 2. The fourth-order valence-corrected chi connectivity index (χ4v) is 4.68. The summed E-state index contributed by atoms with van der Waals surface area (Å²) in [6.45, 7) is 10.6. The van der Waals surface area contributed by atoms with E-state index in [9.17, 15) is 9.59 Å². The highest BCUT2D eigenvalue weighted by atomic mass is 35.5. The van der Waals surface area contributed by atoms with E-state index in [0.717, 1.165) is 16.8 Å². The normalized spacial score (nSPS) is 12.0. The maximum Gasteiger partial charge on any atom is 0.253 e. The molecule has 7 nitrogen and oxygen atoms in total. The zero-order chi connectivity index (χ0) is 24.8. The molecule has 34 heavy (non-hydrogen) atoms. The fraction of sp³-hybridized carbons (Fsp3) is 0.360. The molecule has 9 heteroatoms. The number of nitrogens with zero attached hydrogens (tertiary/aromatic N) is 3. The van der Waals surface area contributed by atoms with Gasteiger partial charge in [-0.05, 0) is 49.9 Å². The first kappa shape index (κ1) is 25.8. The van der Waals surface area contributed by atoms with Crippen LogP contribution in [0.25, 0.3) is 0 Å². The predicted octanol–water partition coefficient (Wildman–Crippen LogP) is 5.43. The molecule has 0 fully saturated rings. The number of carbonyl (C=O) groups excluding carboxylic acids is 2. The van der Waals surface area contributed by atoms with Crippen molar-refractivity contribution in [2.24, 2.45) is 5.92 Å². The van der Waals surface area contributed by atoms with E-state index in [1.807, 2.05) is 57.4 Å². The van der Waals surface area contributed by atoms with E-state index >= 15 is 0 Å². The number of aryl methyl sites for hydroxylation is 2. The van der Waals surface area contributed by atoms with Gasteiger partial charge in [0.1, 0.15) is 0 Å². The number of halogens is 1. The molecular formula is C25H30ClN5O2S. The number of rotatable bonds is 9. The number of aromatic nitrogens is 3. The van der Waals surface area contributed by atoms with Crippen molar-refractivity contribution in [2.45, 2.75) is 52.4 Å². The lowest BCUT2D eigenvalue weighted by Gasteiger charge is -2.22. The van der Waals surface area contributed by atoms with Crippen molar-refractivity contribution < 1.29 is 9.59 Å². The third kappa shape index (κ3) is 5.98. The van der Waals surface area contributed by atoms with E-state index in [-0.39, 0.29) is 29.5 Å². The van der Waals surface area contributed by atoms with Gasteiger partial charge in [-0.1, -0.05) is 67.5 Å². The zero-order valence-electron chi connectivity index (χ0n) is 20.1. The number of nitrogens with one attached hydrogen (secondary N) is 2. The lowest BCUT2D eigenvalue weighted by Crippen LogP contribution is -2.34. The van der Waals surface area contributed by atoms with Crippen LogP contribution in [-0.4, -0.2) is 32.3 Å². The summed E-state index contributed by atoms with van der Waals surface area (Å²) < 4.78 is 1.94. The Morgan fingerprint density at radius 3 is 2.35 bits per heavy atom. The number of amides is 2. The van der Waals surface area contributed by atoms with Crippen molar-refractivity contribution in [1.29, 1.82) is 0 Å². The Balaban J connectivity index is 1.74. The highest BCUT2D eigenvalue weighted by Crippen LogP contribution is 2.27. The Bertz CT molecular complexity index is 1160. The molecule has 0 bridgehead atoms. The number of hydrogen-bond acceptors (Lipinski definition) is 5. The molecule has 1 atom stereocenters. The fourth-order valence-electron chi connectivity index (χ4n) is 3.65. The molecule has 3 aromatic rings. The van der Waals surface area contributed by atoms with Crippen molar-refractivity contribution in [1.82, 2.24) is 20.1 Å². The van der Waals surface area contributed by atoms with Gasteiger partial charge in [-0.25, -0.2) is 0 Å². The van der Waals surface area contributed by atoms with E-state index in [1.54, 1.807) is 24.3 Å². The van der Waals surface area contributed by atoms with E-state index in [0.29, 0.717) is 28.1 Å². The number of anilines is 1. The second kappa shape index (κ2) is 11.5. The van der Waals surface area contributed by atoms with Crippen molar-refractivity contribution in [3.05, 3.63) is 70.0 Å². The minimum absolute atomic E-state index is 0.0612. The molecule has 0 saturated carbocycles. The number of para-hydroxylation sites is 1. The highest BCUT2D eigenvalue weighted by Gasteiger charge is 2.27. The topological polar surface area (TPSA) is 88.9 Å². The van der Waals surface area contributed by atoms with Crippen LogP contribution in [0.5, 0.6) is 0 Å². The Labute approximate surface area is 209 Å². The average Bonchev–Trinajstić information content (AvgIpc) is 3.21. The van der Waals surface area contributed by atoms with Crippen LogP contribution in [0, 0.1) is 19.8 Å². The van der Waals surface area contributed by atoms with Gasteiger partial charge < -0.3 is 15.2 Å². The maximum absolute atomic E-state index is 12.9. The monoisotopic (exact) mass is 499 g/mol. The Morgan fingerprint density at radius 1 is 1.06 bits per heavy atom. The number of carbonyl (C=O) groups is 2. The van der Waals surface area contributed by atoms with Gasteiger partial charge >= 0.3 is 0 Å². The van der Waals surface area contributed by atoms with Crippen molar-refractivity contribution in [3.63, 3.8) is 0 Å². The predicted molar refractivity (Wildman–Crippen MR) is 137 cm³/mol. The summed E-state index contributed by atoms with van der Waals surface area (Å²) in [4.78, 5) is 25.5. The molecule has 1 heterocycles. The van der Waals surface area contributed by atoms with Crippen LogP contribution in [0.2, 0.25) is 5.02 Å². The van der Waals surface area contributed by atoms with Crippen LogP contribution in [0.4, 0.5) is 5.69 Å². The van der Waals surface area contributed by atoms with Gasteiger partial charge in [0.05, 0.1) is 22.4 Å². The number of thioether (sulfide) groups is 1. The molecule has 0 aliphatic carbocycles. The SMILES string of the molecule is CCn1c(SCC(=O)Nc2c(C)cccc2C)nnc1[C@H](NC(=O)c1ccccc1Cl)C(C)C. The molecule has 0 spiro atoms. The van der Waals surface area contributed by atoms with Gasteiger partial charge in [0, 0.05) is 12.2 Å². The van der Waals surface area contributed by atoms with Crippen LogP contribution in [0.15, 0.2) is 47.6 Å². The summed E-state index contributed by atoms with van der Waals surface area (Å²) >= 11 is 7.53. The highest BCUT2D eigenvalue weighted by molar-refractivity contribution is 7.99. The second-order valence-corrected chi connectivity index (χ2v) is 9.71. The molecule has 0 unspecified atom stereocenters. The standard InChI is InChI=1S/C25H30ClN5O2S/c1-6-31-23(21(15(2)3)28-24(33)18-12-7-8-13-19(18)26)29-30-25(31)34-14-20(32)27-22-16(4)10-9-11-17(22)5/h7-13,15,21H,6,14H2,1-5H3,(H,27,32)(H,28,33)/t21-/m1/s1. The molecular weight excluding hydrogens is 470 g/mol. The van der Waals surface area contributed by atoms with Crippen LogP contribution in [-0.2, 0) is 11.3 Å². The van der Waals surface area contributed by atoms with Crippen molar-refractivity contribution in [3.8, 4) is 0 Å². The molecule has 0 aliphatic heterocycles. The van der Waals surface area contributed by atoms with E-state index in [1.165, 1.54) is 11.8 Å². The molecule has 3 rings (SSSR count). The quantitative estimate of drug-likeness (QED) is 0.383. The minimum atomic E-state index is -0.367. The molecule has 0 aliphatic rings. The summed E-state index contributed by atoms with van der Waals surface area (Å²) in [7, 11) is 0. The minimum Gasteiger partial charge on any atom is -0.342 e. The first-order valence-corrected chi connectivity index (χ1v) is 12.6. The van der Waals surface area contributed by atoms with Gasteiger partial charge in [-0.15, -0.1) is 10.2 Å². The van der Waals surface area contributed by atoms with Crippen LogP contribution in [0.3, 0.4) is 0 Å². The van der Waals surface area contributed by atoms with Gasteiger partial charge in [-0.3, -0.25) is 9.59 Å². The lowest BCUT2D eigenvalue weighted by molar-refractivity contribution is -0.113. The van der Waals surface area contributed by atoms with Crippen molar-refractivity contribution >= 4 is 40.9 Å². The van der Waals surface area contributed by atoms with Crippen LogP contribution >= 0.6 is 23.4 Å². The molecule has 0 radical (unpaired) electrons. The van der Waals surface area contributed by atoms with E-state index < -0.39 is 0 Å². The lowest BCUT2D eigenvalue weighted by atomic mass is 10.0. The Hall–Kier alpha value is -2.84. The Morgan fingerprint density at radius 2 is 1.74 bits per heavy atom. The molecule has 0 saturated heterocycles. The molecule has 2 aromatic carbocycles. The molecule has 2 amide bonds. The third-order valence-electron chi connectivity index (χ3n) is 5.49. The first-order valence-electron chi connectivity index (χ1n) is 11.2. The first-order chi connectivity index (χ1) is 16.2. The smallest absolute Gasteiger partial charge is 0.253 e. The summed E-state index contributed by atoms with van der Waals surface area (Å²) in [6, 6.07) is 12.5. The molecule has 180 valence electrons. The zero-order valence-corrected chi connectivity index (χ0v) is 21.6. The summed E-state index contributed by atoms with van der Waals surface area (Å²) in [6.07, 6.45) is 0. The summed E-state index contributed by atoms with van der Waals surface area (Å²) in [5, 5.41) is 15.8. The van der Waals surface area contributed by atoms with E-state index in [4.69, 9.17) is 11.6 Å². The van der Waals surface area contributed by atoms with Gasteiger partial charge in [0.2, 0.25) is 5.91 Å². The average molecular weight is 500 g/mol. The van der Waals surface area contributed by atoms with Gasteiger partial charge in [-0.2, -0.15) is 0 Å². The largest absolute Gasteiger partial charge is 0.342 e. The molecule has 1 aromatic heterocycles. The Kier molecular flexibility index (Phi) is 8.74. The molecule has 2 N–H and O–H groups in total. The summed E-state index contributed by atoms with van der Waals surface area (Å²) in [5.74, 6) is 0.533.